The number of carbonyl (C=O) groups excluding carboxylic acids is 3. The molecule has 3 aliphatic rings. The third-order valence-corrected chi connectivity index (χ3v) is 14.0. The zero-order chi connectivity index (χ0) is 32.5. The molecular formula is C33H44N2O8Si. The van der Waals surface area contributed by atoms with Crippen LogP contribution in [0.5, 0.6) is 5.75 Å². The van der Waals surface area contributed by atoms with Gasteiger partial charge in [-0.15, -0.1) is 0 Å². The van der Waals surface area contributed by atoms with Crippen molar-refractivity contribution in [3.63, 3.8) is 0 Å². The Hall–Kier alpha value is -3.41. The fourth-order valence-electron chi connectivity index (χ4n) is 6.17. The Morgan fingerprint density at radius 2 is 1.75 bits per heavy atom. The van der Waals surface area contributed by atoms with Gasteiger partial charge >= 0.3 is 12.1 Å². The predicted molar refractivity (Wildman–Crippen MR) is 167 cm³/mol. The summed E-state index contributed by atoms with van der Waals surface area (Å²) in [4.78, 5) is 43.0. The van der Waals surface area contributed by atoms with Gasteiger partial charge in [0.05, 0.1) is 25.3 Å². The lowest BCUT2D eigenvalue weighted by molar-refractivity contribution is -0.126. The molecule has 11 heteroatoms. The van der Waals surface area contributed by atoms with Crippen molar-refractivity contribution < 1.29 is 38.1 Å². The first kappa shape index (κ1) is 32.0. The predicted octanol–water partition coefficient (Wildman–Crippen LogP) is 5.02. The van der Waals surface area contributed by atoms with Crippen molar-refractivity contribution in [2.75, 3.05) is 25.2 Å². The summed E-state index contributed by atoms with van der Waals surface area (Å²) < 4.78 is 23.8. The van der Waals surface area contributed by atoms with Gasteiger partial charge < -0.3 is 33.4 Å². The standard InChI is InChI=1S/C33H44N2O8Si/c1-30(2,3)43-29(38)35-24-17-34-23-15-22(28(37)40-7)16-25(41-18-21-13-11-10-12-14-21)26(23)32(19-36,33(34,39)27(24)35)20-42-44(8,9)31(4,5)6/h10-16,19,24,27,39H,17-18,20H2,1-9H3/t24-,27-,32-,33?,35?/m0/s1. The van der Waals surface area contributed by atoms with Crippen molar-refractivity contribution in [1.29, 1.82) is 0 Å². The molecule has 2 saturated heterocycles. The second-order valence-corrected chi connectivity index (χ2v) is 19.3. The lowest BCUT2D eigenvalue weighted by atomic mass is 9.73. The second-order valence-electron chi connectivity index (χ2n) is 14.5. The van der Waals surface area contributed by atoms with Crippen LogP contribution in [-0.4, -0.2) is 80.3 Å². The van der Waals surface area contributed by atoms with Crippen LogP contribution < -0.4 is 9.64 Å². The molecule has 238 valence electrons. The van der Waals surface area contributed by atoms with E-state index in [4.69, 9.17) is 18.6 Å². The van der Waals surface area contributed by atoms with Gasteiger partial charge in [-0.2, -0.15) is 0 Å². The van der Waals surface area contributed by atoms with Crippen molar-refractivity contribution in [3.05, 3.63) is 59.2 Å². The van der Waals surface area contributed by atoms with E-state index in [2.05, 4.69) is 33.9 Å². The summed E-state index contributed by atoms with van der Waals surface area (Å²) in [6.07, 6.45) is 0.178. The van der Waals surface area contributed by atoms with Gasteiger partial charge in [0, 0.05) is 17.8 Å². The molecule has 0 bridgehead atoms. The van der Waals surface area contributed by atoms with Crippen LogP contribution in [0, 0.1) is 0 Å². The van der Waals surface area contributed by atoms with Gasteiger partial charge in [0.15, 0.2) is 14.0 Å². The molecule has 1 N–H and O–H groups in total. The Bertz CT molecular complexity index is 1470. The largest absolute Gasteiger partial charge is 0.488 e. The summed E-state index contributed by atoms with van der Waals surface area (Å²) in [6, 6.07) is 11.6. The number of carbonyl (C=O) groups is 3. The highest BCUT2D eigenvalue weighted by molar-refractivity contribution is 6.74. The molecule has 0 spiro atoms. The zero-order valence-electron chi connectivity index (χ0n) is 27.1. The number of hydrogen-bond acceptors (Lipinski definition) is 9. The highest BCUT2D eigenvalue weighted by atomic mass is 28.4. The maximum absolute atomic E-state index is 13.6. The zero-order valence-corrected chi connectivity index (χ0v) is 28.1. The van der Waals surface area contributed by atoms with Crippen LogP contribution in [0.25, 0.3) is 0 Å². The second kappa shape index (κ2) is 10.6. The maximum atomic E-state index is 13.6. The van der Waals surface area contributed by atoms with Crippen molar-refractivity contribution in [1.82, 2.24) is 4.90 Å². The van der Waals surface area contributed by atoms with Crippen molar-refractivity contribution in [2.45, 2.75) is 95.1 Å². The number of methoxy groups -OCH3 is 1. The first-order chi connectivity index (χ1) is 20.4. The Labute approximate surface area is 260 Å². The highest BCUT2D eigenvalue weighted by Crippen LogP contribution is 2.64. The molecule has 3 heterocycles. The Kier molecular flexibility index (Phi) is 7.70. The number of fused-ring (bicyclic) bond motifs is 5. The maximum Gasteiger partial charge on any atom is 0.411 e. The molecule has 0 saturated carbocycles. The smallest absolute Gasteiger partial charge is 0.411 e. The third kappa shape index (κ3) is 4.98. The molecule has 44 heavy (non-hydrogen) atoms. The van der Waals surface area contributed by atoms with E-state index in [1.165, 1.54) is 12.0 Å². The summed E-state index contributed by atoms with van der Waals surface area (Å²) in [6.45, 7) is 16.1. The molecule has 0 aliphatic carbocycles. The number of benzene rings is 2. The van der Waals surface area contributed by atoms with Gasteiger partial charge in [0.1, 0.15) is 35.7 Å². The molecule has 3 aliphatic heterocycles. The number of amides is 1. The van der Waals surface area contributed by atoms with Gasteiger partial charge in [0.25, 0.3) is 0 Å². The average Bonchev–Trinajstić information content (AvgIpc) is 3.53. The number of anilines is 1. The molecule has 2 fully saturated rings. The van der Waals surface area contributed by atoms with Crippen LogP contribution in [0.15, 0.2) is 42.5 Å². The Morgan fingerprint density at radius 1 is 1.09 bits per heavy atom. The first-order valence-electron chi connectivity index (χ1n) is 15.0. The SMILES string of the molecule is COC(=O)c1cc(OCc2ccccc2)c2c(c1)N1C[C@H]3[C@H](N3C(=O)OC(C)(C)C)C1(O)[C@@]2(C=O)CO[Si](C)(C)C(C)(C)C. The van der Waals surface area contributed by atoms with Gasteiger partial charge in [-0.1, -0.05) is 51.1 Å². The van der Waals surface area contributed by atoms with E-state index in [9.17, 15) is 19.5 Å². The van der Waals surface area contributed by atoms with Crippen LogP contribution in [-0.2, 0) is 30.7 Å². The summed E-state index contributed by atoms with van der Waals surface area (Å²) in [5, 5.41) is 12.7. The highest BCUT2D eigenvalue weighted by Gasteiger charge is 2.81. The van der Waals surface area contributed by atoms with E-state index in [-0.39, 0.29) is 36.1 Å². The number of aliphatic hydroxyl groups is 1. The molecule has 0 radical (unpaired) electrons. The van der Waals surface area contributed by atoms with Crippen molar-refractivity contribution >= 4 is 32.4 Å². The molecular weight excluding hydrogens is 580 g/mol. The molecule has 2 aromatic carbocycles. The van der Waals surface area contributed by atoms with E-state index in [0.717, 1.165) is 11.8 Å². The summed E-state index contributed by atoms with van der Waals surface area (Å²) in [5.41, 5.74) is -2.29. The normalized spacial score (nSPS) is 25.6. The van der Waals surface area contributed by atoms with Crippen molar-refractivity contribution in [3.8, 4) is 5.75 Å². The van der Waals surface area contributed by atoms with Gasteiger partial charge in [-0.3, -0.25) is 4.90 Å². The minimum absolute atomic E-state index is 0.141. The fraction of sp³-hybridized carbons (Fsp3) is 0.545. The summed E-state index contributed by atoms with van der Waals surface area (Å²) >= 11 is 0. The number of rotatable bonds is 8. The quantitative estimate of drug-likeness (QED) is 0.187. The number of piperazine rings is 1. The lowest BCUT2D eigenvalue weighted by Crippen LogP contribution is -2.64. The first-order valence-corrected chi connectivity index (χ1v) is 17.9. The molecule has 0 aromatic heterocycles. The van der Waals surface area contributed by atoms with E-state index < -0.39 is 49.2 Å². The summed E-state index contributed by atoms with van der Waals surface area (Å²) in [5.74, 6) is -0.316. The lowest BCUT2D eigenvalue weighted by Gasteiger charge is -2.45. The molecule has 4 atom stereocenters. The monoisotopic (exact) mass is 624 g/mol. The van der Waals surface area contributed by atoms with Gasteiger partial charge in [-0.05, 0) is 56.6 Å². The van der Waals surface area contributed by atoms with Crippen LogP contribution in [0.2, 0.25) is 18.1 Å². The number of ether oxygens (including phenoxy) is 3. The minimum Gasteiger partial charge on any atom is -0.488 e. The van der Waals surface area contributed by atoms with Crippen LogP contribution in [0.4, 0.5) is 10.5 Å². The van der Waals surface area contributed by atoms with Crippen LogP contribution in [0.3, 0.4) is 0 Å². The van der Waals surface area contributed by atoms with Crippen LogP contribution >= 0.6 is 0 Å². The number of hydrogen-bond donors (Lipinski definition) is 1. The number of nitrogens with zero attached hydrogens (tertiary/aromatic N) is 2. The molecule has 1 unspecified atom stereocenters. The molecule has 10 nitrogen and oxygen atoms in total. The molecule has 1 amide bonds. The summed E-state index contributed by atoms with van der Waals surface area (Å²) in [7, 11) is -1.15. The Balaban J connectivity index is 1.67. The topological polar surface area (TPSA) is 115 Å². The van der Waals surface area contributed by atoms with E-state index in [1.54, 1.807) is 37.8 Å². The van der Waals surface area contributed by atoms with E-state index in [1.807, 2.05) is 30.3 Å². The van der Waals surface area contributed by atoms with E-state index in [0.29, 0.717) is 11.3 Å². The number of aldehydes is 1. The Morgan fingerprint density at radius 3 is 2.32 bits per heavy atom. The van der Waals surface area contributed by atoms with Crippen LogP contribution in [0.1, 0.15) is 63.0 Å². The van der Waals surface area contributed by atoms with Gasteiger partial charge in [-0.25, -0.2) is 9.59 Å². The minimum atomic E-state index is -2.44. The fourth-order valence-corrected chi connectivity index (χ4v) is 7.19. The average molecular weight is 625 g/mol. The molecule has 2 aromatic rings. The number of esters is 1. The van der Waals surface area contributed by atoms with Crippen molar-refractivity contribution in [2.24, 2.45) is 0 Å². The van der Waals surface area contributed by atoms with Gasteiger partial charge in [0.2, 0.25) is 0 Å². The molecule has 5 rings (SSSR count). The van der Waals surface area contributed by atoms with E-state index >= 15 is 0 Å². The third-order valence-electron chi connectivity index (χ3n) is 9.53.